The number of aromatic nitrogens is 2. The zero-order chi connectivity index (χ0) is 22.5. The molecule has 2 aromatic heterocycles. The number of methoxy groups -OCH3 is 1. The monoisotopic (exact) mass is 431 g/mol. The van der Waals surface area contributed by atoms with Crippen molar-refractivity contribution >= 4 is 17.6 Å². The Balaban J connectivity index is 1.72. The molecule has 4 aromatic rings. The predicted molar refractivity (Wildman–Crippen MR) is 118 cm³/mol. The molecule has 8 nitrogen and oxygen atoms in total. The first-order chi connectivity index (χ1) is 15.6. The van der Waals surface area contributed by atoms with Gasteiger partial charge in [0.25, 0.3) is 5.91 Å². The summed E-state index contributed by atoms with van der Waals surface area (Å²) in [6.07, 6.45) is 1.44. The fraction of sp³-hybridized carbons (Fsp3) is 0.125. The number of anilines is 1. The van der Waals surface area contributed by atoms with Crippen molar-refractivity contribution in [3.8, 4) is 22.7 Å². The van der Waals surface area contributed by atoms with Crippen LogP contribution in [0.1, 0.15) is 28.0 Å². The Labute approximate surface area is 184 Å². The van der Waals surface area contributed by atoms with Gasteiger partial charge in [-0.1, -0.05) is 12.1 Å². The van der Waals surface area contributed by atoms with E-state index in [1.165, 1.54) is 6.26 Å². The molecule has 32 heavy (non-hydrogen) atoms. The molecule has 1 N–H and O–H groups in total. The summed E-state index contributed by atoms with van der Waals surface area (Å²) in [5.41, 5.74) is 2.90. The Morgan fingerprint density at radius 3 is 2.56 bits per heavy atom. The molecule has 0 aliphatic heterocycles. The molecular formula is C24H21N3O5. The molecule has 0 spiro atoms. The molecular weight excluding hydrogens is 410 g/mol. The first kappa shape index (κ1) is 20.9. The molecule has 4 rings (SSSR count). The maximum absolute atomic E-state index is 12.3. The van der Waals surface area contributed by atoms with Gasteiger partial charge in [-0.2, -0.15) is 5.10 Å². The SMILES string of the molecule is CCOC(=O)c1cc(-c2cccc(NC(=O)c3ccco3)c2)n(-c2ccc(OC)cc2)n1. The minimum absolute atomic E-state index is 0.183. The summed E-state index contributed by atoms with van der Waals surface area (Å²) in [5.74, 6) is 0.0466. The fourth-order valence-corrected chi connectivity index (χ4v) is 3.17. The Bertz CT molecular complexity index is 1230. The maximum atomic E-state index is 12.3. The first-order valence-electron chi connectivity index (χ1n) is 9.96. The maximum Gasteiger partial charge on any atom is 0.358 e. The van der Waals surface area contributed by atoms with Gasteiger partial charge in [-0.25, -0.2) is 9.48 Å². The zero-order valence-electron chi connectivity index (χ0n) is 17.6. The normalized spacial score (nSPS) is 10.6. The largest absolute Gasteiger partial charge is 0.497 e. The van der Waals surface area contributed by atoms with Gasteiger partial charge in [0.1, 0.15) is 5.75 Å². The third-order valence-electron chi connectivity index (χ3n) is 4.67. The lowest BCUT2D eigenvalue weighted by Gasteiger charge is -2.10. The van der Waals surface area contributed by atoms with Gasteiger partial charge in [-0.15, -0.1) is 0 Å². The molecule has 162 valence electrons. The smallest absolute Gasteiger partial charge is 0.358 e. The number of carbonyl (C=O) groups is 2. The van der Waals surface area contributed by atoms with Gasteiger partial charge in [0, 0.05) is 11.3 Å². The Morgan fingerprint density at radius 1 is 1.06 bits per heavy atom. The summed E-state index contributed by atoms with van der Waals surface area (Å²) in [6.45, 7) is 1.99. The summed E-state index contributed by atoms with van der Waals surface area (Å²) in [7, 11) is 1.59. The number of amides is 1. The molecule has 2 aromatic carbocycles. The molecule has 1 amide bonds. The lowest BCUT2D eigenvalue weighted by molar-refractivity contribution is 0.0519. The van der Waals surface area contributed by atoms with E-state index in [4.69, 9.17) is 13.9 Å². The third kappa shape index (κ3) is 4.39. The average molecular weight is 431 g/mol. The number of furan rings is 1. The Hall–Kier alpha value is -4.33. The van der Waals surface area contributed by atoms with Crippen LogP contribution in [0.2, 0.25) is 0 Å². The summed E-state index contributed by atoms with van der Waals surface area (Å²) >= 11 is 0. The summed E-state index contributed by atoms with van der Waals surface area (Å²) < 4.78 is 17.1. The minimum Gasteiger partial charge on any atom is -0.497 e. The number of hydrogen-bond donors (Lipinski definition) is 1. The standard InChI is InChI=1S/C24H21N3O5/c1-3-31-24(29)20-15-21(27(26-20)18-9-11-19(30-2)12-10-18)16-6-4-7-17(14-16)25-23(28)22-8-5-13-32-22/h4-15H,3H2,1-2H3,(H,25,28). The number of ether oxygens (including phenoxy) is 2. The molecule has 2 heterocycles. The second-order valence-electron chi connectivity index (χ2n) is 6.76. The van der Waals surface area contributed by atoms with Crippen molar-refractivity contribution in [1.29, 1.82) is 0 Å². The Kier molecular flexibility index (Phi) is 6.03. The van der Waals surface area contributed by atoms with Crippen LogP contribution in [0.15, 0.2) is 77.4 Å². The second-order valence-corrected chi connectivity index (χ2v) is 6.76. The Morgan fingerprint density at radius 2 is 1.88 bits per heavy atom. The van der Waals surface area contributed by atoms with E-state index in [1.807, 2.05) is 36.4 Å². The molecule has 0 atom stereocenters. The van der Waals surface area contributed by atoms with Gasteiger partial charge in [0.05, 0.1) is 31.4 Å². The van der Waals surface area contributed by atoms with Gasteiger partial charge < -0.3 is 19.2 Å². The van der Waals surface area contributed by atoms with Crippen LogP contribution in [-0.4, -0.2) is 35.4 Å². The predicted octanol–water partition coefficient (Wildman–Crippen LogP) is 4.57. The van der Waals surface area contributed by atoms with E-state index in [2.05, 4.69) is 10.4 Å². The van der Waals surface area contributed by atoms with Crippen LogP contribution in [0.5, 0.6) is 5.75 Å². The summed E-state index contributed by atoms with van der Waals surface area (Å²) in [5, 5.41) is 7.27. The van der Waals surface area contributed by atoms with Crippen molar-refractivity contribution < 1.29 is 23.5 Å². The number of rotatable bonds is 7. The van der Waals surface area contributed by atoms with E-state index >= 15 is 0 Å². The van der Waals surface area contributed by atoms with Crippen LogP contribution < -0.4 is 10.1 Å². The molecule has 0 fully saturated rings. The minimum atomic E-state index is -0.511. The lowest BCUT2D eigenvalue weighted by Crippen LogP contribution is -2.10. The van der Waals surface area contributed by atoms with Crippen LogP contribution in [-0.2, 0) is 4.74 Å². The van der Waals surface area contributed by atoms with Crippen molar-refractivity contribution in [2.45, 2.75) is 6.92 Å². The van der Waals surface area contributed by atoms with Crippen LogP contribution >= 0.6 is 0 Å². The molecule has 8 heteroatoms. The highest BCUT2D eigenvalue weighted by Crippen LogP contribution is 2.28. The van der Waals surface area contributed by atoms with Gasteiger partial charge in [-0.05, 0) is 61.5 Å². The number of benzene rings is 2. The van der Waals surface area contributed by atoms with Gasteiger partial charge >= 0.3 is 5.97 Å². The van der Waals surface area contributed by atoms with Crippen LogP contribution in [0.4, 0.5) is 5.69 Å². The third-order valence-corrected chi connectivity index (χ3v) is 4.67. The number of nitrogens with zero attached hydrogens (tertiary/aromatic N) is 2. The highest BCUT2D eigenvalue weighted by atomic mass is 16.5. The van der Waals surface area contributed by atoms with E-state index in [0.717, 1.165) is 11.3 Å². The van der Waals surface area contributed by atoms with Crippen molar-refractivity contribution in [2.24, 2.45) is 0 Å². The number of hydrogen-bond acceptors (Lipinski definition) is 6. The molecule has 0 unspecified atom stereocenters. The van der Waals surface area contributed by atoms with Crippen LogP contribution in [0.3, 0.4) is 0 Å². The number of nitrogens with one attached hydrogen (secondary N) is 1. The van der Waals surface area contributed by atoms with E-state index in [-0.39, 0.29) is 24.0 Å². The highest BCUT2D eigenvalue weighted by molar-refractivity contribution is 6.02. The van der Waals surface area contributed by atoms with Crippen molar-refractivity contribution in [2.75, 3.05) is 19.0 Å². The number of carbonyl (C=O) groups excluding carboxylic acids is 2. The van der Waals surface area contributed by atoms with Gasteiger partial charge in [-0.3, -0.25) is 4.79 Å². The van der Waals surface area contributed by atoms with Gasteiger partial charge in [0.2, 0.25) is 0 Å². The fourth-order valence-electron chi connectivity index (χ4n) is 3.17. The lowest BCUT2D eigenvalue weighted by atomic mass is 10.1. The van der Waals surface area contributed by atoms with E-state index < -0.39 is 5.97 Å². The molecule has 0 aliphatic rings. The van der Waals surface area contributed by atoms with Crippen LogP contribution in [0, 0.1) is 0 Å². The second kappa shape index (κ2) is 9.22. The molecule has 0 bridgehead atoms. The highest BCUT2D eigenvalue weighted by Gasteiger charge is 2.18. The molecule has 0 aliphatic carbocycles. The topological polar surface area (TPSA) is 95.6 Å². The van der Waals surface area contributed by atoms with Gasteiger partial charge in [0.15, 0.2) is 11.5 Å². The first-order valence-corrected chi connectivity index (χ1v) is 9.96. The molecule has 0 radical (unpaired) electrons. The van der Waals surface area contributed by atoms with Crippen molar-refractivity contribution in [1.82, 2.24) is 9.78 Å². The molecule has 0 saturated carbocycles. The van der Waals surface area contributed by atoms with E-state index in [0.29, 0.717) is 17.1 Å². The summed E-state index contributed by atoms with van der Waals surface area (Å²) in [4.78, 5) is 24.7. The van der Waals surface area contributed by atoms with Crippen molar-refractivity contribution in [3.05, 3.63) is 84.4 Å². The molecule has 0 saturated heterocycles. The average Bonchev–Trinajstić information content (AvgIpc) is 3.50. The van der Waals surface area contributed by atoms with Crippen LogP contribution in [0.25, 0.3) is 16.9 Å². The van der Waals surface area contributed by atoms with Crippen molar-refractivity contribution in [3.63, 3.8) is 0 Å². The quantitative estimate of drug-likeness (QED) is 0.431. The zero-order valence-corrected chi connectivity index (χ0v) is 17.6. The summed E-state index contributed by atoms with van der Waals surface area (Å²) in [6, 6.07) is 19.4. The van der Waals surface area contributed by atoms with E-state index in [9.17, 15) is 9.59 Å². The number of esters is 1. The van der Waals surface area contributed by atoms with E-state index in [1.54, 1.807) is 49.0 Å².